The number of pyridine rings is 1. The van der Waals surface area contributed by atoms with E-state index < -0.39 is 11.9 Å². The van der Waals surface area contributed by atoms with Gasteiger partial charge in [0.25, 0.3) is 0 Å². The van der Waals surface area contributed by atoms with Crippen molar-refractivity contribution in [2.45, 2.75) is 25.6 Å². The third-order valence-corrected chi connectivity index (χ3v) is 5.02. The SMILES string of the molecule is C/N=C(\C(=C/NC)c1cc(O[C@H](C)[C@H]2CNC(=O)C2)c2cccnc2c1)C(F)(F)F. The van der Waals surface area contributed by atoms with Crippen molar-refractivity contribution in [1.82, 2.24) is 15.6 Å². The van der Waals surface area contributed by atoms with E-state index in [4.69, 9.17) is 4.74 Å². The Morgan fingerprint density at radius 2 is 2.20 bits per heavy atom. The van der Waals surface area contributed by atoms with E-state index in [9.17, 15) is 18.0 Å². The number of carbonyl (C=O) groups is 1. The van der Waals surface area contributed by atoms with Crippen molar-refractivity contribution in [2.24, 2.45) is 10.9 Å². The van der Waals surface area contributed by atoms with Gasteiger partial charge in [0, 0.05) is 56.3 Å². The lowest BCUT2D eigenvalue weighted by atomic mass is 9.98. The van der Waals surface area contributed by atoms with E-state index in [1.165, 1.54) is 13.2 Å². The monoisotopic (exact) mass is 420 g/mol. The Morgan fingerprint density at radius 3 is 2.80 bits per heavy atom. The normalized spacial score (nSPS) is 19.0. The number of aliphatic imine (C=N–C) groups is 1. The molecule has 1 aliphatic heterocycles. The molecular formula is C21H23F3N4O2. The molecule has 1 saturated heterocycles. The molecule has 1 aromatic carbocycles. The molecule has 2 N–H and O–H groups in total. The first-order valence-corrected chi connectivity index (χ1v) is 9.49. The molecule has 0 saturated carbocycles. The molecule has 2 heterocycles. The van der Waals surface area contributed by atoms with Gasteiger partial charge in [-0.15, -0.1) is 0 Å². The van der Waals surface area contributed by atoms with E-state index in [2.05, 4.69) is 20.6 Å². The van der Waals surface area contributed by atoms with Crippen LogP contribution < -0.4 is 15.4 Å². The number of halogens is 3. The number of nitrogens with zero attached hydrogens (tertiary/aromatic N) is 2. The highest BCUT2D eigenvalue weighted by molar-refractivity contribution is 6.26. The maximum Gasteiger partial charge on any atom is 0.433 e. The third kappa shape index (κ3) is 4.55. The third-order valence-electron chi connectivity index (χ3n) is 5.02. The van der Waals surface area contributed by atoms with E-state index in [0.29, 0.717) is 29.6 Å². The molecule has 3 rings (SSSR count). The Kier molecular flexibility index (Phi) is 6.28. The van der Waals surface area contributed by atoms with Gasteiger partial charge in [-0.2, -0.15) is 13.2 Å². The maximum atomic E-state index is 13.6. The van der Waals surface area contributed by atoms with Crippen LogP contribution in [-0.2, 0) is 4.79 Å². The first-order valence-electron chi connectivity index (χ1n) is 9.49. The quantitative estimate of drug-likeness (QED) is 0.703. The predicted molar refractivity (Wildman–Crippen MR) is 109 cm³/mol. The Bertz CT molecular complexity index is 1000. The average Bonchev–Trinajstić information content (AvgIpc) is 3.13. The fraction of sp³-hybridized carbons (Fsp3) is 0.381. The van der Waals surface area contributed by atoms with Crippen molar-refractivity contribution in [2.75, 3.05) is 20.6 Å². The maximum absolute atomic E-state index is 13.6. The minimum atomic E-state index is -4.62. The van der Waals surface area contributed by atoms with E-state index in [-0.39, 0.29) is 29.1 Å². The fourth-order valence-corrected chi connectivity index (χ4v) is 3.49. The molecule has 6 nitrogen and oxygen atoms in total. The van der Waals surface area contributed by atoms with Gasteiger partial charge in [0.05, 0.1) is 5.52 Å². The number of fused-ring (bicyclic) bond motifs is 1. The largest absolute Gasteiger partial charge is 0.490 e. The van der Waals surface area contributed by atoms with Gasteiger partial charge in [0.15, 0.2) is 0 Å². The van der Waals surface area contributed by atoms with Crippen LogP contribution in [0.2, 0.25) is 0 Å². The van der Waals surface area contributed by atoms with Crippen LogP contribution in [-0.4, -0.2) is 49.5 Å². The number of allylic oxidation sites excluding steroid dienone is 1. The van der Waals surface area contributed by atoms with E-state index >= 15 is 0 Å². The number of rotatable bonds is 6. The molecule has 1 aromatic heterocycles. The molecule has 0 radical (unpaired) electrons. The highest BCUT2D eigenvalue weighted by Crippen LogP contribution is 2.34. The summed E-state index contributed by atoms with van der Waals surface area (Å²) in [4.78, 5) is 19.3. The Labute approximate surface area is 172 Å². The molecule has 2 aromatic rings. The summed E-state index contributed by atoms with van der Waals surface area (Å²) >= 11 is 0. The first kappa shape index (κ1) is 21.6. The predicted octanol–water partition coefficient (Wildman–Crippen LogP) is 3.33. The molecule has 0 bridgehead atoms. The van der Waals surface area contributed by atoms with Crippen LogP contribution in [0.3, 0.4) is 0 Å². The molecule has 30 heavy (non-hydrogen) atoms. The van der Waals surface area contributed by atoms with Crippen LogP contribution in [0.1, 0.15) is 18.9 Å². The summed E-state index contributed by atoms with van der Waals surface area (Å²) in [6, 6.07) is 6.67. The minimum Gasteiger partial charge on any atom is -0.490 e. The number of aromatic nitrogens is 1. The minimum absolute atomic E-state index is 0.0249. The van der Waals surface area contributed by atoms with Crippen LogP contribution >= 0.6 is 0 Å². The molecular weight excluding hydrogens is 397 g/mol. The van der Waals surface area contributed by atoms with Crippen molar-refractivity contribution < 1.29 is 22.7 Å². The average molecular weight is 420 g/mol. The van der Waals surface area contributed by atoms with Gasteiger partial charge in [-0.25, -0.2) is 0 Å². The zero-order chi connectivity index (χ0) is 21.9. The second kappa shape index (κ2) is 8.73. The number of nitrogens with one attached hydrogen (secondary N) is 2. The smallest absolute Gasteiger partial charge is 0.433 e. The molecule has 0 aliphatic carbocycles. The standard InChI is InChI=1S/C21H23F3N4O2/c1-12(14-9-19(29)28-10-14)30-18-8-13(7-17-15(18)5-4-6-27-17)16(11-25-2)20(26-3)21(22,23)24/h4-8,11-12,14,25H,9-10H2,1-3H3,(H,28,29)/b16-11-,26-20+/t12-,14-/m1/s1. The lowest BCUT2D eigenvalue weighted by Crippen LogP contribution is -2.26. The van der Waals surface area contributed by atoms with E-state index in [1.54, 1.807) is 30.5 Å². The number of carbonyl (C=O) groups excluding carboxylic acids is 1. The van der Waals surface area contributed by atoms with Crippen LogP contribution in [0.4, 0.5) is 13.2 Å². The van der Waals surface area contributed by atoms with Gasteiger partial charge < -0.3 is 15.4 Å². The lowest BCUT2D eigenvalue weighted by molar-refractivity contribution is -0.119. The topological polar surface area (TPSA) is 75.6 Å². The summed E-state index contributed by atoms with van der Waals surface area (Å²) in [5.41, 5.74) is -0.347. The molecule has 0 spiro atoms. The van der Waals surface area contributed by atoms with Crippen molar-refractivity contribution in [3.8, 4) is 5.75 Å². The van der Waals surface area contributed by atoms with Gasteiger partial charge in [-0.05, 0) is 36.8 Å². The zero-order valence-electron chi connectivity index (χ0n) is 16.9. The molecule has 1 aliphatic rings. The second-order valence-corrected chi connectivity index (χ2v) is 7.05. The number of benzene rings is 1. The summed E-state index contributed by atoms with van der Waals surface area (Å²) in [5.74, 6) is 0.342. The highest BCUT2D eigenvalue weighted by Gasteiger charge is 2.38. The van der Waals surface area contributed by atoms with Crippen molar-refractivity contribution in [1.29, 1.82) is 0 Å². The van der Waals surface area contributed by atoms with Crippen molar-refractivity contribution in [3.05, 3.63) is 42.2 Å². The molecule has 1 fully saturated rings. The molecule has 160 valence electrons. The molecule has 2 atom stereocenters. The molecule has 0 unspecified atom stereocenters. The van der Waals surface area contributed by atoms with Crippen molar-refractivity contribution in [3.63, 3.8) is 0 Å². The Balaban J connectivity index is 2.08. The zero-order valence-corrected chi connectivity index (χ0v) is 16.9. The summed E-state index contributed by atoms with van der Waals surface area (Å²) in [7, 11) is 2.63. The summed E-state index contributed by atoms with van der Waals surface area (Å²) in [6.45, 7) is 2.35. The second-order valence-electron chi connectivity index (χ2n) is 7.05. The first-order chi connectivity index (χ1) is 14.2. The van der Waals surface area contributed by atoms with Gasteiger partial charge in [0.1, 0.15) is 17.6 Å². The van der Waals surface area contributed by atoms with E-state index in [0.717, 1.165) is 7.05 Å². The number of hydrogen-bond donors (Lipinski definition) is 2. The van der Waals surface area contributed by atoms with Gasteiger partial charge >= 0.3 is 6.18 Å². The summed E-state index contributed by atoms with van der Waals surface area (Å²) < 4.78 is 46.8. The van der Waals surface area contributed by atoms with Crippen LogP contribution in [0.25, 0.3) is 16.5 Å². The summed E-state index contributed by atoms with van der Waals surface area (Å²) in [6.07, 6.45) is -1.77. The lowest BCUT2D eigenvalue weighted by Gasteiger charge is -2.22. The van der Waals surface area contributed by atoms with Crippen LogP contribution in [0.5, 0.6) is 5.75 Å². The Morgan fingerprint density at radius 1 is 1.43 bits per heavy atom. The van der Waals surface area contributed by atoms with Gasteiger partial charge in [-0.1, -0.05) is 0 Å². The van der Waals surface area contributed by atoms with Crippen LogP contribution in [0, 0.1) is 5.92 Å². The fourth-order valence-electron chi connectivity index (χ4n) is 3.49. The van der Waals surface area contributed by atoms with Gasteiger partial charge in [0.2, 0.25) is 5.91 Å². The summed E-state index contributed by atoms with van der Waals surface area (Å²) in [5, 5.41) is 6.11. The number of hydrogen-bond acceptors (Lipinski definition) is 5. The highest BCUT2D eigenvalue weighted by atomic mass is 19.4. The molecule has 9 heteroatoms. The Hall–Kier alpha value is -3.10. The van der Waals surface area contributed by atoms with Crippen molar-refractivity contribution >= 4 is 28.1 Å². The van der Waals surface area contributed by atoms with E-state index in [1.807, 2.05) is 6.92 Å². The number of ether oxygens (including phenoxy) is 1. The number of amides is 1. The number of alkyl halides is 3. The molecule has 1 amide bonds. The van der Waals surface area contributed by atoms with Crippen LogP contribution in [0.15, 0.2) is 41.7 Å². The van der Waals surface area contributed by atoms with Gasteiger partial charge in [-0.3, -0.25) is 14.8 Å².